The van der Waals surface area contributed by atoms with Crippen LogP contribution in [0.25, 0.3) is 0 Å². The highest BCUT2D eigenvalue weighted by Gasteiger charge is 2.24. The molecule has 1 N–H and O–H groups in total. The first-order valence-corrected chi connectivity index (χ1v) is 8.97. The molecule has 0 bridgehead atoms. The van der Waals surface area contributed by atoms with Gasteiger partial charge in [0.05, 0.1) is 0 Å². The van der Waals surface area contributed by atoms with Gasteiger partial charge in [0, 0.05) is 30.5 Å². The minimum Gasteiger partial charge on any atom is -0.396 e. The molecule has 1 heterocycles. The van der Waals surface area contributed by atoms with Crippen LogP contribution in [-0.2, 0) is 19.4 Å². The lowest BCUT2D eigenvalue weighted by Gasteiger charge is -2.33. The Morgan fingerprint density at radius 2 is 1.88 bits per heavy atom. The Morgan fingerprint density at radius 3 is 2.62 bits per heavy atom. The van der Waals surface area contributed by atoms with E-state index in [1.165, 1.54) is 29.7 Å². The zero-order chi connectivity index (χ0) is 16.9. The van der Waals surface area contributed by atoms with Crippen LogP contribution >= 0.6 is 0 Å². The molecule has 1 aliphatic rings. The number of aryl methyl sites for hydroxylation is 2. The Balaban J connectivity index is 2.00. The number of hydrogen-bond donors (Lipinski definition) is 1. The molecule has 1 atom stereocenters. The van der Waals surface area contributed by atoms with E-state index in [9.17, 15) is 5.11 Å². The highest BCUT2D eigenvalue weighted by Crippen LogP contribution is 2.30. The zero-order valence-corrected chi connectivity index (χ0v) is 14.7. The van der Waals surface area contributed by atoms with Crippen molar-refractivity contribution in [2.24, 2.45) is 0 Å². The number of rotatable bonds is 6. The first-order chi connectivity index (χ1) is 11.7. The maximum absolute atomic E-state index is 9.43. The fourth-order valence-electron chi connectivity index (χ4n) is 3.49. The number of hydrogen-bond acceptors (Lipinski definition) is 4. The van der Waals surface area contributed by atoms with E-state index >= 15 is 0 Å². The van der Waals surface area contributed by atoms with E-state index in [1.54, 1.807) is 0 Å². The second kappa shape index (κ2) is 7.75. The standard InChI is InChI=1S/C20H27N3O/c1-15(12-13-24)23(14-17-8-4-3-5-9-17)20-18-10-6-7-11-19(18)21-16(2)22-20/h3-5,8-9,15,24H,6-7,10-14H2,1-2H3. The van der Waals surface area contributed by atoms with Crippen LogP contribution in [-0.4, -0.2) is 27.7 Å². The molecule has 4 heteroatoms. The molecule has 24 heavy (non-hydrogen) atoms. The third-order valence-electron chi connectivity index (χ3n) is 4.82. The minimum absolute atomic E-state index is 0.193. The number of aliphatic hydroxyl groups is 1. The van der Waals surface area contributed by atoms with Crippen LogP contribution < -0.4 is 4.90 Å². The Morgan fingerprint density at radius 1 is 1.12 bits per heavy atom. The molecule has 1 aliphatic carbocycles. The van der Waals surface area contributed by atoms with E-state index < -0.39 is 0 Å². The van der Waals surface area contributed by atoms with Crippen LogP contribution in [0, 0.1) is 6.92 Å². The van der Waals surface area contributed by atoms with Gasteiger partial charge in [0.25, 0.3) is 0 Å². The van der Waals surface area contributed by atoms with Gasteiger partial charge in [-0.2, -0.15) is 0 Å². The number of benzene rings is 1. The lowest BCUT2D eigenvalue weighted by molar-refractivity contribution is 0.275. The maximum Gasteiger partial charge on any atom is 0.136 e. The average Bonchev–Trinajstić information content (AvgIpc) is 2.60. The van der Waals surface area contributed by atoms with Gasteiger partial charge in [-0.15, -0.1) is 0 Å². The van der Waals surface area contributed by atoms with Crippen molar-refractivity contribution in [3.8, 4) is 0 Å². The third kappa shape index (κ3) is 3.75. The summed E-state index contributed by atoms with van der Waals surface area (Å²) in [5.74, 6) is 1.92. The van der Waals surface area contributed by atoms with Crippen LogP contribution in [0.2, 0.25) is 0 Å². The first-order valence-electron chi connectivity index (χ1n) is 8.97. The summed E-state index contributed by atoms with van der Waals surface area (Å²) in [7, 11) is 0. The number of nitrogens with zero attached hydrogens (tertiary/aromatic N) is 3. The van der Waals surface area contributed by atoms with Crippen LogP contribution in [0.5, 0.6) is 0 Å². The normalized spacial score (nSPS) is 15.0. The predicted molar refractivity (Wildman–Crippen MR) is 97.2 cm³/mol. The average molecular weight is 325 g/mol. The number of aliphatic hydroxyl groups excluding tert-OH is 1. The maximum atomic E-state index is 9.43. The van der Waals surface area contributed by atoms with E-state index in [0.717, 1.165) is 37.4 Å². The highest BCUT2D eigenvalue weighted by atomic mass is 16.3. The molecule has 1 aromatic heterocycles. The van der Waals surface area contributed by atoms with Gasteiger partial charge in [-0.05, 0) is 51.5 Å². The van der Waals surface area contributed by atoms with Crippen molar-refractivity contribution in [1.29, 1.82) is 0 Å². The predicted octanol–water partition coefficient (Wildman–Crippen LogP) is 3.44. The van der Waals surface area contributed by atoms with E-state index in [-0.39, 0.29) is 12.6 Å². The summed E-state index contributed by atoms with van der Waals surface area (Å²) in [6.07, 6.45) is 5.28. The van der Waals surface area contributed by atoms with Crippen LogP contribution in [0.3, 0.4) is 0 Å². The molecule has 0 radical (unpaired) electrons. The SMILES string of the molecule is Cc1nc2c(c(N(Cc3ccccc3)C(C)CCO)n1)CCCC2. The van der Waals surface area contributed by atoms with Crippen molar-refractivity contribution in [1.82, 2.24) is 9.97 Å². The lowest BCUT2D eigenvalue weighted by atomic mass is 9.95. The summed E-state index contributed by atoms with van der Waals surface area (Å²) in [6.45, 7) is 5.16. The molecule has 1 unspecified atom stereocenters. The van der Waals surface area contributed by atoms with Gasteiger partial charge >= 0.3 is 0 Å². The molecular weight excluding hydrogens is 298 g/mol. The van der Waals surface area contributed by atoms with Gasteiger partial charge in [-0.3, -0.25) is 0 Å². The van der Waals surface area contributed by atoms with Crippen molar-refractivity contribution >= 4 is 5.82 Å². The molecule has 0 spiro atoms. The zero-order valence-electron chi connectivity index (χ0n) is 14.7. The van der Waals surface area contributed by atoms with Crippen LogP contribution in [0.4, 0.5) is 5.82 Å². The highest BCUT2D eigenvalue weighted by molar-refractivity contribution is 5.51. The van der Waals surface area contributed by atoms with Crippen molar-refractivity contribution < 1.29 is 5.11 Å². The molecule has 0 aliphatic heterocycles. The van der Waals surface area contributed by atoms with Crippen LogP contribution in [0.15, 0.2) is 30.3 Å². The van der Waals surface area contributed by atoms with Crippen LogP contribution in [0.1, 0.15) is 48.8 Å². The Kier molecular flexibility index (Phi) is 5.46. The summed E-state index contributed by atoms with van der Waals surface area (Å²) in [6, 6.07) is 10.7. The third-order valence-corrected chi connectivity index (χ3v) is 4.82. The molecule has 0 saturated heterocycles. The summed E-state index contributed by atoms with van der Waals surface area (Å²) in [4.78, 5) is 11.9. The molecule has 128 valence electrons. The van der Waals surface area contributed by atoms with Gasteiger partial charge in [0.15, 0.2) is 0 Å². The molecule has 0 fully saturated rings. The number of anilines is 1. The van der Waals surface area contributed by atoms with Crippen molar-refractivity contribution in [3.63, 3.8) is 0 Å². The number of fused-ring (bicyclic) bond motifs is 1. The second-order valence-electron chi connectivity index (χ2n) is 6.70. The van der Waals surface area contributed by atoms with Gasteiger partial charge in [-0.25, -0.2) is 9.97 Å². The minimum atomic E-state index is 0.193. The second-order valence-corrected chi connectivity index (χ2v) is 6.70. The van der Waals surface area contributed by atoms with Gasteiger partial charge in [0.1, 0.15) is 11.6 Å². The van der Waals surface area contributed by atoms with Crippen molar-refractivity contribution in [2.45, 2.75) is 58.5 Å². The fraction of sp³-hybridized carbons (Fsp3) is 0.500. The Bertz CT molecular complexity index is 672. The first kappa shape index (κ1) is 16.9. The molecule has 4 nitrogen and oxygen atoms in total. The van der Waals surface area contributed by atoms with Crippen molar-refractivity contribution in [3.05, 3.63) is 53.0 Å². The number of aromatic nitrogens is 2. The summed E-state index contributed by atoms with van der Waals surface area (Å²) >= 11 is 0. The van der Waals surface area contributed by atoms with Gasteiger partial charge in [0.2, 0.25) is 0 Å². The van der Waals surface area contributed by atoms with Gasteiger partial charge < -0.3 is 10.0 Å². The topological polar surface area (TPSA) is 49.2 Å². The molecular formula is C20H27N3O. The molecule has 0 amide bonds. The van der Waals surface area contributed by atoms with E-state index in [2.05, 4.69) is 41.1 Å². The molecule has 1 aromatic carbocycles. The quantitative estimate of drug-likeness (QED) is 0.884. The summed E-state index contributed by atoms with van der Waals surface area (Å²) in [5, 5.41) is 9.43. The smallest absolute Gasteiger partial charge is 0.136 e. The van der Waals surface area contributed by atoms with Gasteiger partial charge in [-0.1, -0.05) is 30.3 Å². The Labute approximate surface area is 144 Å². The summed E-state index contributed by atoms with van der Waals surface area (Å²) < 4.78 is 0. The fourth-order valence-corrected chi connectivity index (χ4v) is 3.49. The van der Waals surface area contributed by atoms with Crippen molar-refractivity contribution in [2.75, 3.05) is 11.5 Å². The van der Waals surface area contributed by atoms with E-state index in [1.807, 2.05) is 13.0 Å². The summed E-state index contributed by atoms with van der Waals surface area (Å²) in [5.41, 5.74) is 3.80. The lowest BCUT2D eigenvalue weighted by Crippen LogP contribution is -2.35. The molecule has 2 aromatic rings. The monoisotopic (exact) mass is 325 g/mol. The molecule has 3 rings (SSSR count). The largest absolute Gasteiger partial charge is 0.396 e. The van der Waals surface area contributed by atoms with E-state index in [0.29, 0.717) is 0 Å². The van der Waals surface area contributed by atoms with E-state index in [4.69, 9.17) is 4.98 Å². The molecule has 0 saturated carbocycles. The Hall–Kier alpha value is -1.94.